The van der Waals surface area contributed by atoms with E-state index in [2.05, 4.69) is 13.5 Å². The molecule has 2 heterocycles. The van der Waals surface area contributed by atoms with Crippen molar-refractivity contribution in [3.63, 3.8) is 0 Å². The van der Waals surface area contributed by atoms with Crippen LogP contribution in [0.2, 0.25) is 0 Å². The molecule has 0 radical (unpaired) electrons. The first-order valence-electron chi connectivity index (χ1n) is 17.1. The summed E-state index contributed by atoms with van der Waals surface area (Å²) in [5, 5.41) is 22.1. The molecule has 6 rings (SSSR count). The molecule has 4 aromatic rings. The quantitative estimate of drug-likeness (QED) is 0.127. The Kier molecular flexibility index (Phi) is 11.0. The van der Waals surface area contributed by atoms with E-state index in [9.17, 15) is 10.2 Å². The predicted molar refractivity (Wildman–Crippen MR) is 193 cm³/mol. The standard InChI is InChI=1S/C41H46O11/c1-22-23(2)41(29-12-16-33(36(20-29)47-8)51-25(4)39(43)27-10-14-31-37(18-27)49-21-48-31)52-40(22)28-11-15-32(35(19-28)46-7)50-24(3)38(42)26-9-13-30(44-5)34(17-26)45-6/h9-20,23-25,38-43H,1,21H2,2-8H3/t23-,24-,25-,38+,39+,40?,41?/m1/s1. The molecule has 0 spiro atoms. The van der Waals surface area contributed by atoms with Crippen LogP contribution in [0.1, 0.15) is 67.4 Å². The van der Waals surface area contributed by atoms with Gasteiger partial charge in [-0.15, -0.1) is 0 Å². The fourth-order valence-electron chi connectivity index (χ4n) is 6.55. The summed E-state index contributed by atoms with van der Waals surface area (Å²) in [6, 6.07) is 21.9. The van der Waals surface area contributed by atoms with E-state index in [1.54, 1.807) is 78.7 Å². The van der Waals surface area contributed by atoms with Crippen molar-refractivity contribution in [3.05, 3.63) is 107 Å². The lowest BCUT2D eigenvalue weighted by Crippen LogP contribution is -2.22. The van der Waals surface area contributed by atoms with Gasteiger partial charge in [0.1, 0.15) is 30.5 Å². The number of ether oxygens (including phenoxy) is 9. The topological polar surface area (TPSA) is 124 Å². The molecule has 2 N–H and O–H groups in total. The Hall–Kier alpha value is -5.10. The largest absolute Gasteiger partial charge is 0.493 e. The fraction of sp³-hybridized carbons (Fsp3) is 0.366. The van der Waals surface area contributed by atoms with Gasteiger partial charge in [-0.3, -0.25) is 0 Å². The van der Waals surface area contributed by atoms with Crippen molar-refractivity contribution in [3.8, 4) is 46.0 Å². The molecule has 0 aliphatic carbocycles. The van der Waals surface area contributed by atoms with E-state index < -0.39 is 30.5 Å². The smallest absolute Gasteiger partial charge is 0.231 e. The van der Waals surface area contributed by atoms with Crippen LogP contribution in [0.5, 0.6) is 46.0 Å². The maximum absolute atomic E-state index is 11.1. The molecule has 2 aliphatic heterocycles. The Morgan fingerprint density at radius 2 is 1.12 bits per heavy atom. The Morgan fingerprint density at radius 1 is 0.615 bits per heavy atom. The van der Waals surface area contributed by atoms with Crippen LogP contribution in [0.4, 0.5) is 0 Å². The highest BCUT2D eigenvalue weighted by Crippen LogP contribution is 2.50. The first-order chi connectivity index (χ1) is 25.1. The number of benzene rings is 4. The number of hydrogen-bond donors (Lipinski definition) is 2. The molecule has 2 aliphatic rings. The summed E-state index contributed by atoms with van der Waals surface area (Å²) in [4.78, 5) is 0. The summed E-state index contributed by atoms with van der Waals surface area (Å²) >= 11 is 0. The molecule has 2 unspecified atom stereocenters. The van der Waals surface area contributed by atoms with E-state index in [1.807, 2.05) is 36.4 Å². The van der Waals surface area contributed by atoms with Crippen LogP contribution in [0.25, 0.3) is 0 Å². The van der Waals surface area contributed by atoms with Crippen LogP contribution in [-0.2, 0) is 4.74 Å². The van der Waals surface area contributed by atoms with Crippen molar-refractivity contribution >= 4 is 0 Å². The molecule has 52 heavy (non-hydrogen) atoms. The first-order valence-corrected chi connectivity index (χ1v) is 17.1. The van der Waals surface area contributed by atoms with Gasteiger partial charge in [-0.1, -0.05) is 37.8 Å². The van der Waals surface area contributed by atoms with E-state index in [4.69, 9.17) is 42.6 Å². The van der Waals surface area contributed by atoms with Crippen LogP contribution in [-0.4, -0.2) is 57.7 Å². The Balaban J connectivity index is 1.14. The molecule has 11 nitrogen and oxygen atoms in total. The number of aliphatic hydroxyl groups excluding tert-OH is 2. The average molecular weight is 715 g/mol. The Bertz CT molecular complexity index is 1890. The highest BCUT2D eigenvalue weighted by molar-refractivity contribution is 5.49. The van der Waals surface area contributed by atoms with Gasteiger partial charge in [-0.05, 0) is 90.2 Å². The third kappa shape index (κ3) is 7.30. The third-order valence-electron chi connectivity index (χ3n) is 9.67. The van der Waals surface area contributed by atoms with Gasteiger partial charge in [0, 0.05) is 5.92 Å². The van der Waals surface area contributed by atoms with Gasteiger partial charge < -0.3 is 52.8 Å². The lowest BCUT2D eigenvalue weighted by atomic mass is 9.90. The summed E-state index contributed by atoms with van der Waals surface area (Å²) < 4.78 is 52.1. The van der Waals surface area contributed by atoms with E-state index in [0.717, 1.165) is 16.7 Å². The summed E-state index contributed by atoms with van der Waals surface area (Å²) in [7, 11) is 6.26. The minimum absolute atomic E-state index is 0.0215. The molecule has 7 atom stereocenters. The SMILES string of the molecule is C=C1C(c2ccc(O[C@H](C)[C@H](O)c3ccc(OC)c(OC)c3)c(OC)c2)OC(c2ccc(O[C@H](C)[C@H](O)c3ccc4c(c3)OCO4)c(OC)c2)[C@@H]1C. The normalized spacial score (nSPS) is 20.1. The molecule has 1 saturated heterocycles. The van der Waals surface area contributed by atoms with E-state index >= 15 is 0 Å². The number of hydrogen-bond acceptors (Lipinski definition) is 11. The molecule has 11 heteroatoms. The van der Waals surface area contributed by atoms with E-state index in [1.165, 1.54) is 0 Å². The van der Waals surface area contributed by atoms with Crippen LogP contribution in [0.3, 0.4) is 0 Å². The lowest BCUT2D eigenvalue weighted by Gasteiger charge is -2.24. The summed E-state index contributed by atoms with van der Waals surface area (Å²) in [6.07, 6.45) is -3.78. The second-order valence-corrected chi connectivity index (χ2v) is 12.9. The number of aliphatic hydroxyl groups is 2. The van der Waals surface area contributed by atoms with E-state index in [0.29, 0.717) is 57.1 Å². The Morgan fingerprint density at radius 3 is 1.73 bits per heavy atom. The van der Waals surface area contributed by atoms with Crippen molar-refractivity contribution in [2.24, 2.45) is 5.92 Å². The van der Waals surface area contributed by atoms with Gasteiger partial charge in [0.2, 0.25) is 6.79 Å². The molecule has 0 amide bonds. The van der Waals surface area contributed by atoms with Crippen molar-refractivity contribution in [2.45, 2.75) is 57.4 Å². The first kappa shape index (κ1) is 36.7. The van der Waals surface area contributed by atoms with Crippen LogP contribution in [0, 0.1) is 5.92 Å². The Labute approximate surface area is 304 Å². The van der Waals surface area contributed by atoms with Crippen molar-refractivity contribution < 1.29 is 52.8 Å². The molecular weight excluding hydrogens is 668 g/mol. The summed E-state index contributed by atoms with van der Waals surface area (Å²) in [6.45, 7) is 10.2. The zero-order chi connectivity index (χ0) is 37.1. The van der Waals surface area contributed by atoms with Crippen LogP contribution >= 0.6 is 0 Å². The highest BCUT2D eigenvalue weighted by Gasteiger charge is 2.38. The fourth-order valence-corrected chi connectivity index (χ4v) is 6.55. The maximum Gasteiger partial charge on any atom is 0.231 e. The third-order valence-corrected chi connectivity index (χ3v) is 9.67. The van der Waals surface area contributed by atoms with Gasteiger partial charge in [-0.2, -0.15) is 0 Å². The molecular formula is C41H46O11. The summed E-state index contributed by atoms with van der Waals surface area (Å²) in [5.41, 5.74) is 3.95. The number of rotatable bonds is 14. The van der Waals surface area contributed by atoms with Crippen LogP contribution in [0.15, 0.2) is 84.9 Å². The minimum atomic E-state index is -0.944. The summed E-state index contributed by atoms with van der Waals surface area (Å²) in [5.74, 6) is 4.29. The maximum atomic E-state index is 11.1. The molecule has 0 aromatic heterocycles. The number of methoxy groups -OCH3 is 4. The predicted octanol–water partition coefficient (Wildman–Crippen LogP) is 7.46. The van der Waals surface area contributed by atoms with Gasteiger partial charge in [0.15, 0.2) is 46.0 Å². The van der Waals surface area contributed by atoms with Gasteiger partial charge >= 0.3 is 0 Å². The molecule has 276 valence electrons. The zero-order valence-corrected chi connectivity index (χ0v) is 30.5. The zero-order valence-electron chi connectivity index (χ0n) is 30.5. The molecule has 0 bridgehead atoms. The van der Waals surface area contributed by atoms with Crippen molar-refractivity contribution in [2.75, 3.05) is 35.2 Å². The van der Waals surface area contributed by atoms with Crippen molar-refractivity contribution in [1.82, 2.24) is 0 Å². The monoisotopic (exact) mass is 714 g/mol. The average Bonchev–Trinajstić information content (AvgIpc) is 3.77. The van der Waals surface area contributed by atoms with E-state index in [-0.39, 0.29) is 18.8 Å². The molecule has 4 aromatic carbocycles. The second kappa shape index (κ2) is 15.6. The lowest BCUT2D eigenvalue weighted by molar-refractivity contribution is 0.0372. The molecule has 1 fully saturated rings. The van der Waals surface area contributed by atoms with Gasteiger partial charge in [0.05, 0.1) is 34.5 Å². The second-order valence-electron chi connectivity index (χ2n) is 12.9. The van der Waals surface area contributed by atoms with Gasteiger partial charge in [0.25, 0.3) is 0 Å². The highest BCUT2D eigenvalue weighted by atomic mass is 16.7. The molecule has 0 saturated carbocycles. The van der Waals surface area contributed by atoms with Crippen LogP contribution < -0.4 is 37.9 Å². The minimum Gasteiger partial charge on any atom is -0.493 e. The van der Waals surface area contributed by atoms with Crippen molar-refractivity contribution in [1.29, 1.82) is 0 Å². The van der Waals surface area contributed by atoms with Gasteiger partial charge in [-0.25, -0.2) is 0 Å². The number of fused-ring (bicyclic) bond motifs is 1.